The summed E-state index contributed by atoms with van der Waals surface area (Å²) in [5.74, 6) is 0.0654. The number of hydrogen-bond donors (Lipinski definition) is 1. The summed E-state index contributed by atoms with van der Waals surface area (Å²) in [7, 11) is -1.84. The quantitative estimate of drug-likeness (QED) is 0.820. The third-order valence-electron chi connectivity index (χ3n) is 5.61. The van der Waals surface area contributed by atoms with Crippen molar-refractivity contribution in [2.24, 2.45) is 13.0 Å². The van der Waals surface area contributed by atoms with Crippen LogP contribution in [0.2, 0.25) is 0 Å². The first kappa shape index (κ1) is 20.0. The van der Waals surface area contributed by atoms with Crippen LogP contribution in [0.1, 0.15) is 43.1 Å². The molecular formula is C20H29N3O3S. The predicted octanol–water partition coefficient (Wildman–Crippen LogP) is 2.33. The average molecular weight is 392 g/mol. The van der Waals surface area contributed by atoms with E-state index in [2.05, 4.69) is 17.2 Å². The molecule has 0 radical (unpaired) electrons. The Kier molecular flexibility index (Phi) is 6.03. The van der Waals surface area contributed by atoms with E-state index < -0.39 is 10.0 Å². The van der Waals surface area contributed by atoms with Gasteiger partial charge in [-0.05, 0) is 30.7 Å². The molecule has 1 aliphatic rings. The van der Waals surface area contributed by atoms with E-state index in [1.54, 1.807) is 16.0 Å². The number of aliphatic hydroxyl groups excluding tert-OH is 1. The molecule has 2 heterocycles. The molecule has 0 bridgehead atoms. The lowest BCUT2D eigenvalue weighted by atomic mass is 9.82. The fourth-order valence-electron chi connectivity index (χ4n) is 4.19. The van der Waals surface area contributed by atoms with Crippen LogP contribution in [0.4, 0.5) is 0 Å². The highest BCUT2D eigenvalue weighted by atomic mass is 32.2. The second-order valence-electron chi connectivity index (χ2n) is 7.16. The molecular weight excluding hydrogens is 362 g/mol. The zero-order valence-electron chi connectivity index (χ0n) is 16.3. The molecule has 2 atom stereocenters. The topological polar surface area (TPSA) is 75.4 Å². The lowest BCUT2D eigenvalue weighted by molar-refractivity contribution is 0.144. The maximum Gasteiger partial charge on any atom is 0.246 e. The summed E-state index contributed by atoms with van der Waals surface area (Å²) in [6, 6.07) is 10.1. The lowest BCUT2D eigenvalue weighted by Crippen LogP contribution is -2.44. The molecule has 1 aromatic heterocycles. The number of rotatable bonds is 6. The Morgan fingerprint density at radius 2 is 1.89 bits per heavy atom. The minimum atomic E-state index is -3.64. The number of benzene rings is 1. The van der Waals surface area contributed by atoms with Gasteiger partial charge in [0.2, 0.25) is 10.0 Å². The van der Waals surface area contributed by atoms with Crippen LogP contribution in [0.15, 0.2) is 35.2 Å². The highest BCUT2D eigenvalue weighted by Gasteiger charge is 2.38. The summed E-state index contributed by atoms with van der Waals surface area (Å²) < 4.78 is 30.1. The van der Waals surface area contributed by atoms with Crippen molar-refractivity contribution < 1.29 is 13.5 Å². The van der Waals surface area contributed by atoms with Gasteiger partial charge in [-0.1, -0.05) is 44.2 Å². The normalized spacial score (nSPS) is 21.5. The molecule has 0 saturated carbocycles. The molecule has 1 fully saturated rings. The molecule has 2 aromatic rings. The third kappa shape index (κ3) is 3.68. The molecule has 1 aromatic carbocycles. The van der Waals surface area contributed by atoms with Crippen molar-refractivity contribution in [1.82, 2.24) is 14.1 Å². The van der Waals surface area contributed by atoms with Crippen LogP contribution in [-0.2, 0) is 29.9 Å². The summed E-state index contributed by atoms with van der Waals surface area (Å²) in [4.78, 5) is 0.366. The van der Waals surface area contributed by atoms with Gasteiger partial charge in [-0.25, -0.2) is 8.42 Å². The summed E-state index contributed by atoms with van der Waals surface area (Å²) >= 11 is 0. The highest BCUT2D eigenvalue weighted by molar-refractivity contribution is 7.89. The minimum Gasteiger partial charge on any atom is -0.396 e. The van der Waals surface area contributed by atoms with Gasteiger partial charge in [0.1, 0.15) is 4.90 Å². The number of hydrogen-bond acceptors (Lipinski definition) is 4. The molecule has 0 unspecified atom stereocenters. The van der Waals surface area contributed by atoms with Gasteiger partial charge in [-0.3, -0.25) is 4.68 Å². The van der Waals surface area contributed by atoms with Crippen molar-refractivity contribution in [3.8, 4) is 0 Å². The van der Waals surface area contributed by atoms with Crippen LogP contribution in [0, 0.1) is 5.92 Å². The monoisotopic (exact) mass is 391 g/mol. The van der Waals surface area contributed by atoms with Gasteiger partial charge in [0, 0.05) is 32.7 Å². The zero-order chi connectivity index (χ0) is 19.6. The minimum absolute atomic E-state index is 0.0279. The molecule has 0 spiro atoms. The van der Waals surface area contributed by atoms with E-state index >= 15 is 0 Å². The van der Waals surface area contributed by atoms with E-state index in [9.17, 15) is 13.5 Å². The summed E-state index contributed by atoms with van der Waals surface area (Å²) in [6.45, 7) is 4.64. The largest absolute Gasteiger partial charge is 0.396 e. The average Bonchev–Trinajstić information content (AvgIpc) is 3.04. The second-order valence-corrected chi connectivity index (χ2v) is 9.04. The van der Waals surface area contributed by atoms with Gasteiger partial charge in [0.25, 0.3) is 0 Å². The van der Waals surface area contributed by atoms with Crippen LogP contribution in [0.5, 0.6) is 0 Å². The van der Waals surface area contributed by atoms with Crippen molar-refractivity contribution in [3.05, 3.63) is 47.3 Å². The van der Waals surface area contributed by atoms with Crippen molar-refractivity contribution in [2.45, 2.75) is 43.9 Å². The van der Waals surface area contributed by atoms with Crippen LogP contribution >= 0.6 is 0 Å². The fourth-order valence-corrected chi connectivity index (χ4v) is 6.24. The van der Waals surface area contributed by atoms with Gasteiger partial charge >= 0.3 is 0 Å². The Morgan fingerprint density at radius 3 is 2.48 bits per heavy atom. The highest BCUT2D eigenvalue weighted by Crippen LogP contribution is 2.36. The third-order valence-corrected chi connectivity index (χ3v) is 7.61. The van der Waals surface area contributed by atoms with Crippen molar-refractivity contribution >= 4 is 10.0 Å². The maximum absolute atomic E-state index is 13.5. The van der Waals surface area contributed by atoms with E-state index in [0.717, 1.165) is 5.69 Å². The maximum atomic E-state index is 13.5. The van der Waals surface area contributed by atoms with Gasteiger partial charge in [-0.15, -0.1) is 0 Å². The first-order valence-corrected chi connectivity index (χ1v) is 11.1. The van der Waals surface area contributed by atoms with E-state index in [1.165, 1.54) is 5.56 Å². The van der Waals surface area contributed by atoms with E-state index in [1.807, 2.05) is 32.0 Å². The number of nitrogens with zero attached hydrogens (tertiary/aromatic N) is 3. The summed E-state index contributed by atoms with van der Waals surface area (Å²) in [6.07, 6.45) is 1.89. The van der Waals surface area contributed by atoms with Crippen molar-refractivity contribution in [3.63, 3.8) is 0 Å². The predicted molar refractivity (Wildman–Crippen MR) is 105 cm³/mol. The van der Waals surface area contributed by atoms with Crippen molar-refractivity contribution in [1.29, 1.82) is 0 Å². The van der Waals surface area contributed by atoms with Crippen LogP contribution in [0.25, 0.3) is 0 Å². The van der Waals surface area contributed by atoms with E-state index in [-0.39, 0.29) is 18.4 Å². The van der Waals surface area contributed by atoms with E-state index in [4.69, 9.17) is 0 Å². The van der Waals surface area contributed by atoms with Crippen LogP contribution in [0.3, 0.4) is 0 Å². The summed E-state index contributed by atoms with van der Waals surface area (Å²) in [5.41, 5.74) is 2.54. The van der Waals surface area contributed by atoms with Gasteiger partial charge in [0.05, 0.1) is 11.4 Å². The van der Waals surface area contributed by atoms with Crippen LogP contribution < -0.4 is 0 Å². The molecule has 27 heavy (non-hydrogen) atoms. The molecule has 1 N–H and O–H groups in total. The Labute approximate surface area is 161 Å². The van der Waals surface area contributed by atoms with Crippen LogP contribution in [-0.4, -0.2) is 47.3 Å². The number of aromatic nitrogens is 2. The second kappa shape index (κ2) is 8.12. The Balaban J connectivity index is 1.92. The van der Waals surface area contributed by atoms with E-state index in [0.29, 0.717) is 42.9 Å². The van der Waals surface area contributed by atoms with Crippen molar-refractivity contribution in [2.75, 3.05) is 19.7 Å². The first-order valence-electron chi connectivity index (χ1n) is 9.64. The van der Waals surface area contributed by atoms with Gasteiger partial charge < -0.3 is 5.11 Å². The lowest BCUT2D eigenvalue weighted by Gasteiger charge is -2.37. The molecule has 1 saturated heterocycles. The molecule has 6 nitrogen and oxygen atoms in total. The SMILES string of the molecule is CCc1nn(C)c(CC)c1S(=O)(=O)N1CC[C@@H](c2ccccc2)[C@@H](CO)C1. The number of aliphatic hydroxyl groups is 1. The Morgan fingerprint density at radius 1 is 1.19 bits per heavy atom. The summed E-state index contributed by atoms with van der Waals surface area (Å²) in [5, 5.41) is 14.4. The molecule has 1 aliphatic heterocycles. The van der Waals surface area contributed by atoms with Gasteiger partial charge in [-0.2, -0.15) is 9.40 Å². The molecule has 148 valence electrons. The number of sulfonamides is 1. The molecule has 3 rings (SSSR count). The fraction of sp³-hybridized carbons (Fsp3) is 0.550. The molecule has 0 amide bonds. The Hall–Kier alpha value is -1.70. The number of aryl methyl sites for hydroxylation is 2. The molecule has 7 heteroatoms. The Bertz CT molecular complexity index is 877. The zero-order valence-corrected chi connectivity index (χ0v) is 17.1. The first-order chi connectivity index (χ1) is 12.9. The standard InChI is InChI=1S/C20H29N3O3S/c1-4-18-20(19(5-2)22(3)21-18)27(25,26)23-12-11-17(16(13-23)14-24)15-9-7-6-8-10-15/h6-10,16-17,24H,4-5,11-14H2,1-3H3/t16-,17+/m1/s1. The smallest absolute Gasteiger partial charge is 0.246 e. The molecule has 0 aliphatic carbocycles. The number of piperidine rings is 1. The van der Waals surface area contributed by atoms with Gasteiger partial charge in [0.15, 0.2) is 0 Å².